The van der Waals surface area contributed by atoms with Crippen LogP contribution in [0.15, 0.2) is 42.5 Å². The van der Waals surface area contributed by atoms with Crippen molar-refractivity contribution in [2.45, 2.75) is 50.9 Å². The van der Waals surface area contributed by atoms with Gasteiger partial charge in [-0.1, -0.05) is 25.1 Å². The van der Waals surface area contributed by atoms with E-state index in [9.17, 15) is 14.0 Å². The van der Waals surface area contributed by atoms with Gasteiger partial charge in [-0.3, -0.25) is 14.5 Å². The number of carbonyl (C=O) groups excluding carboxylic acids is 2. The summed E-state index contributed by atoms with van der Waals surface area (Å²) in [5, 5.41) is 2.91. The summed E-state index contributed by atoms with van der Waals surface area (Å²) < 4.78 is 31.4. The van der Waals surface area contributed by atoms with Crippen molar-refractivity contribution in [3.05, 3.63) is 59.4 Å². The van der Waals surface area contributed by atoms with E-state index in [0.717, 1.165) is 18.4 Å². The van der Waals surface area contributed by atoms with Crippen LogP contribution in [0.5, 0.6) is 11.5 Å². The molecule has 174 valence electrons. The number of hydrogen-bond donors (Lipinski definition) is 1. The molecule has 2 aliphatic heterocycles. The van der Waals surface area contributed by atoms with E-state index in [1.54, 1.807) is 18.2 Å². The number of fused-ring (bicyclic) bond motifs is 1. The number of nitrogens with zero attached hydrogens (tertiary/aromatic N) is 1. The molecule has 7 nitrogen and oxygen atoms in total. The molecule has 2 heterocycles. The molecule has 3 aliphatic rings. The quantitative estimate of drug-likeness (QED) is 0.764. The predicted molar refractivity (Wildman–Crippen MR) is 117 cm³/mol. The van der Waals surface area contributed by atoms with Gasteiger partial charge in [0.15, 0.2) is 11.5 Å². The molecular weight excluding hydrogens is 427 g/mol. The van der Waals surface area contributed by atoms with Crippen LogP contribution >= 0.6 is 0 Å². The third-order valence-electron chi connectivity index (χ3n) is 6.85. The fourth-order valence-corrected chi connectivity index (χ4v) is 4.90. The van der Waals surface area contributed by atoms with Crippen LogP contribution in [0.2, 0.25) is 0 Å². The Hall–Kier alpha value is -3.13. The fourth-order valence-electron chi connectivity index (χ4n) is 4.90. The largest absolute Gasteiger partial charge is 0.454 e. The summed E-state index contributed by atoms with van der Waals surface area (Å²) in [4.78, 5) is 28.3. The van der Waals surface area contributed by atoms with Gasteiger partial charge in [-0.2, -0.15) is 0 Å². The topological polar surface area (TPSA) is 77.1 Å². The highest BCUT2D eigenvalue weighted by Gasteiger charge is 2.53. The molecule has 1 N–H and O–H groups in total. The van der Waals surface area contributed by atoms with E-state index in [1.165, 1.54) is 17.0 Å². The zero-order chi connectivity index (χ0) is 23.0. The minimum absolute atomic E-state index is 0.0467. The maximum Gasteiger partial charge on any atom is 0.259 e. The molecule has 1 atom stereocenters. The van der Waals surface area contributed by atoms with Crippen LogP contribution in [0.4, 0.5) is 4.39 Å². The van der Waals surface area contributed by atoms with Crippen molar-refractivity contribution < 1.29 is 28.2 Å². The van der Waals surface area contributed by atoms with Gasteiger partial charge in [0.05, 0.1) is 12.2 Å². The van der Waals surface area contributed by atoms with E-state index >= 15 is 0 Å². The first-order chi connectivity index (χ1) is 16.0. The highest BCUT2D eigenvalue weighted by atomic mass is 19.1. The van der Waals surface area contributed by atoms with Crippen LogP contribution in [0.25, 0.3) is 0 Å². The van der Waals surface area contributed by atoms with Gasteiger partial charge in [0.25, 0.3) is 5.91 Å². The molecule has 2 aromatic carbocycles. The molecular formula is C25H27FN2O5. The molecule has 1 saturated carbocycles. The number of ether oxygens (including phenoxy) is 3. The lowest BCUT2D eigenvalue weighted by Crippen LogP contribution is -2.56. The van der Waals surface area contributed by atoms with Gasteiger partial charge in [0.1, 0.15) is 17.6 Å². The maximum atomic E-state index is 14.5. The van der Waals surface area contributed by atoms with Crippen molar-refractivity contribution in [1.82, 2.24) is 10.2 Å². The lowest BCUT2D eigenvalue weighted by Gasteiger charge is -2.43. The van der Waals surface area contributed by atoms with Gasteiger partial charge in [-0.25, -0.2) is 4.39 Å². The van der Waals surface area contributed by atoms with E-state index in [-0.39, 0.29) is 31.4 Å². The fraction of sp³-hybridized carbons (Fsp3) is 0.440. The van der Waals surface area contributed by atoms with Crippen LogP contribution in [-0.2, 0) is 16.1 Å². The summed E-state index contributed by atoms with van der Waals surface area (Å²) in [6, 6.07) is 10.5. The first kappa shape index (κ1) is 21.7. The number of nitrogens with one attached hydrogen (secondary N) is 1. The molecule has 2 aromatic rings. The number of amides is 2. The van der Waals surface area contributed by atoms with Gasteiger partial charge in [0, 0.05) is 6.54 Å². The molecule has 5 rings (SSSR count). The van der Waals surface area contributed by atoms with Crippen LogP contribution in [0.3, 0.4) is 0 Å². The van der Waals surface area contributed by atoms with E-state index in [2.05, 4.69) is 12.2 Å². The van der Waals surface area contributed by atoms with Crippen molar-refractivity contribution in [3.63, 3.8) is 0 Å². The molecule has 1 aliphatic carbocycles. The summed E-state index contributed by atoms with van der Waals surface area (Å²) in [6.45, 7) is 2.69. The monoisotopic (exact) mass is 454 g/mol. The lowest BCUT2D eigenvalue weighted by molar-refractivity contribution is -0.128. The zero-order valence-electron chi connectivity index (χ0n) is 18.5. The lowest BCUT2D eigenvalue weighted by atomic mass is 9.83. The summed E-state index contributed by atoms with van der Waals surface area (Å²) in [5.74, 6) is 0.384. The number of hydrogen-bond acceptors (Lipinski definition) is 5. The zero-order valence-corrected chi connectivity index (χ0v) is 18.5. The Morgan fingerprint density at radius 3 is 2.67 bits per heavy atom. The number of rotatable bonds is 4. The van der Waals surface area contributed by atoms with Crippen LogP contribution in [0, 0.1) is 11.7 Å². The molecule has 33 heavy (non-hydrogen) atoms. The second-order valence-electron chi connectivity index (χ2n) is 9.02. The van der Waals surface area contributed by atoms with Crippen molar-refractivity contribution in [1.29, 1.82) is 0 Å². The van der Waals surface area contributed by atoms with Crippen molar-refractivity contribution in [2.24, 2.45) is 5.92 Å². The van der Waals surface area contributed by atoms with Gasteiger partial charge < -0.3 is 19.5 Å². The molecule has 0 aromatic heterocycles. The first-order valence-electron chi connectivity index (χ1n) is 11.4. The average Bonchev–Trinajstić information content (AvgIpc) is 3.44. The van der Waals surface area contributed by atoms with E-state index in [4.69, 9.17) is 14.2 Å². The molecule has 0 radical (unpaired) electrons. The highest BCUT2D eigenvalue weighted by molar-refractivity contribution is 5.98. The molecule has 2 amide bonds. The van der Waals surface area contributed by atoms with E-state index in [0.29, 0.717) is 30.3 Å². The summed E-state index contributed by atoms with van der Waals surface area (Å²) >= 11 is 0. The molecule has 1 spiro atoms. The standard InChI is InChI=1S/C25H27FN2O5/c1-16-8-10-25(11-9-16)28(24(30)18-4-2-3-5-19(18)26)20(14-33-25)23(29)27-13-17-6-7-21-22(12-17)32-15-31-21/h2-7,12,16,20H,8-11,13-15H2,1H3,(H,27,29)/t16?,20-,25?/m0/s1. The highest BCUT2D eigenvalue weighted by Crippen LogP contribution is 2.43. The normalized spacial score (nSPS) is 25.9. The number of halogens is 1. The Bertz CT molecular complexity index is 1070. The summed E-state index contributed by atoms with van der Waals surface area (Å²) in [6.07, 6.45) is 3.01. The summed E-state index contributed by atoms with van der Waals surface area (Å²) in [7, 11) is 0. The molecule has 8 heteroatoms. The Labute approximate surface area is 191 Å². The number of carbonyl (C=O) groups is 2. The van der Waals surface area contributed by atoms with Gasteiger partial charge in [-0.05, 0) is 61.4 Å². The summed E-state index contributed by atoms with van der Waals surface area (Å²) in [5.41, 5.74) is -0.0821. The third-order valence-corrected chi connectivity index (χ3v) is 6.85. The Kier molecular flexibility index (Phi) is 5.70. The van der Waals surface area contributed by atoms with Crippen molar-refractivity contribution in [2.75, 3.05) is 13.4 Å². The predicted octanol–water partition coefficient (Wildman–Crippen LogP) is 3.62. The minimum atomic E-state index is -0.882. The molecule has 0 bridgehead atoms. The molecule has 0 unspecified atom stereocenters. The molecule has 2 fully saturated rings. The van der Waals surface area contributed by atoms with E-state index in [1.807, 2.05) is 12.1 Å². The second kappa shape index (κ2) is 8.67. The first-order valence-corrected chi connectivity index (χ1v) is 11.4. The number of benzene rings is 2. The Balaban J connectivity index is 1.37. The van der Waals surface area contributed by atoms with Crippen molar-refractivity contribution in [3.8, 4) is 11.5 Å². The second-order valence-corrected chi connectivity index (χ2v) is 9.02. The Morgan fingerprint density at radius 2 is 1.88 bits per heavy atom. The maximum absolute atomic E-state index is 14.5. The molecule has 1 saturated heterocycles. The van der Waals surface area contributed by atoms with Gasteiger partial charge >= 0.3 is 0 Å². The SMILES string of the molecule is CC1CCC2(CC1)OC[C@@H](C(=O)NCc1ccc3c(c1)OCO3)N2C(=O)c1ccccc1F. The van der Waals surface area contributed by atoms with Crippen molar-refractivity contribution >= 4 is 11.8 Å². The third kappa shape index (κ3) is 4.04. The van der Waals surface area contributed by atoms with Gasteiger partial charge in [-0.15, -0.1) is 0 Å². The Morgan fingerprint density at radius 1 is 1.12 bits per heavy atom. The smallest absolute Gasteiger partial charge is 0.259 e. The van der Waals surface area contributed by atoms with Gasteiger partial charge in [0.2, 0.25) is 12.7 Å². The van der Waals surface area contributed by atoms with Crippen LogP contribution < -0.4 is 14.8 Å². The van der Waals surface area contributed by atoms with Crippen LogP contribution in [0.1, 0.15) is 48.5 Å². The minimum Gasteiger partial charge on any atom is -0.454 e. The van der Waals surface area contributed by atoms with Crippen LogP contribution in [-0.4, -0.2) is 41.9 Å². The van der Waals surface area contributed by atoms with E-state index < -0.39 is 23.5 Å². The average molecular weight is 454 g/mol.